The molecule has 1 aliphatic heterocycles. The molecule has 0 aromatic rings. The highest BCUT2D eigenvalue weighted by molar-refractivity contribution is 5.67. The third-order valence-electron chi connectivity index (χ3n) is 1.95. The minimum absolute atomic E-state index is 0.160. The first-order chi connectivity index (χ1) is 6.56. The molecule has 0 radical (unpaired) electrons. The molecule has 0 aliphatic carbocycles. The molecule has 1 saturated heterocycles. The molecule has 1 amide bonds. The Morgan fingerprint density at radius 3 is 2.64 bits per heavy atom. The van der Waals surface area contributed by atoms with Gasteiger partial charge in [-0.25, -0.2) is 4.79 Å². The number of carbonyl (C=O) groups is 1. The van der Waals surface area contributed by atoms with Gasteiger partial charge in [-0.15, -0.1) is 0 Å². The first kappa shape index (κ1) is 11.2. The number of ether oxygens (including phenoxy) is 2. The average molecular weight is 207 g/mol. The van der Waals surface area contributed by atoms with Crippen LogP contribution in [0.3, 0.4) is 0 Å². The molecule has 0 saturated carbocycles. The summed E-state index contributed by atoms with van der Waals surface area (Å²) in [4.78, 5) is 10.7. The third-order valence-corrected chi connectivity index (χ3v) is 1.95. The van der Waals surface area contributed by atoms with Crippen LogP contribution >= 0.6 is 0 Å². The van der Waals surface area contributed by atoms with Gasteiger partial charge >= 0.3 is 6.09 Å². The average Bonchev–Trinajstić information content (AvgIpc) is 2.19. The normalized spacial score (nSPS) is 37.7. The number of alkyl carbamates (subject to hydrolysis) is 1. The van der Waals surface area contributed by atoms with Crippen molar-refractivity contribution in [1.29, 1.82) is 0 Å². The van der Waals surface area contributed by atoms with E-state index in [1.807, 2.05) is 0 Å². The molecule has 0 aromatic heterocycles. The Morgan fingerprint density at radius 1 is 1.43 bits per heavy atom. The van der Waals surface area contributed by atoms with Crippen LogP contribution in [-0.4, -0.2) is 59.7 Å². The molecule has 7 nitrogen and oxygen atoms in total. The summed E-state index contributed by atoms with van der Waals surface area (Å²) in [5.74, 6) is 0. The van der Waals surface area contributed by atoms with Crippen LogP contribution in [0, 0.1) is 0 Å². The van der Waals surface area contributed by atoms with Gasteiger partial charge in [-0.05, 0) is 0 Å². The van der Waals surface area contributed by atoms with Crippen molar-refractivity contribution in [2.24, 2.45) is 0 Å². The number of aliphatic hydroxyl groups is 3. The smallest absolute Gasteiger partial charge is 0.408 e. The van der Waals surface area contributed by atoms with Crippen LogP contribution in [0.2, 0.25) is 0 Å². The summed E-state index contributed by atoms with van der Waals surface area (Å²) < 4.78 is 9.15. The fourth-order valence-electron chi connectivity index (χ4n) is 1.11. The van der Waals surface area contributed by atoms with E-state index in [-0.39, 0.29) is 6.61 Å². The van der Waals surface area contributed by atoms with E-state index in [0.717, 1.165) is 7.11 Å². The standard InChI is InChI=1S/C7H13NO6/c1-13-7(12)8-6-5(11)4(10)3(9)2-14-6/h3-6,9-11H,2H2,1H3,(H,8,12)/t3-,4-,5-,6+/m1/s1. The lowest BCUT2D eigenvalue weighted by Gasteiger charge is -2.34. The monoisotopic (exact) mass is 207 g/mol. The second-order valence-electron chi connectivity index (χ2n) is 2.94. The van der Waals surface area contributed by atoms with Crippen LogP contribution in [0.25, 0.3) is 0 Å². The first-order valence-electron chi connectivity index (χ1n) is 4.06. The highest BCUT2D eigenvalue weighted by Crippen LogP contribution is 2.13. The highest BCUT2D eigenvalue weighted by Gasteiger charge is 2.38. The summed E-state index contributed by atoms with van der Waals surface area (Å²) in [5, 5.41) is 29.8. The number of methoxy groups -OCH3 is 1. The lowest BCUT2D eigenvalue weighted by atomic mass is 10.0. The molecule has 0 bridgehead atoms. The zero-order valence-corrected chi connectivity index (χ0v) is 7.58. The summed E-state index contributed by atoms with van der Waals surface area (Å²) in [7, 11) is 1.16. The van der Waals surface area contributed by atoms with Gasteiger partial charge in [0.25, 0.3) is 0 Å². The van der Waals surface area contributed by atoms with Crippen LogP contribution in [0.5, 0.6) is 0 Å². The van der Waals surface area contributed by atoms with Crippen LogP contribution in [0.15, 0.2) is 0 Å². The number of hydrogen-bond acceptors (Lipinski definition) is 6. The maximum atomic E-state index is 10.7. The van der Waals surface area contributed by atoms with Crippen molar-refractivity contribution in [1.82, 2.24) is 5.32 Å². The fraction of sp³-hybridized carbons (Fsp3) is 0.857. The summed E-state index contributed by atoms with van der Waals surface area (Å²) in [5.41, 5.74) is 0. The third kappa shape index (κ3) is 2.32. The van der Waals surface area contributed by atoms with E-state index in [0.29, 0.717) is 0 Å². The van der Waals surface area contributed by atoms with Gasteiger partial charge < -0.3 is 24.8 Å². The molecule has 4 N–H and O–H groups in total. The lowest BCUT2D eigenvalue weighted by molar-refractivity contribution is -0.192. The van der Waals surface area contributed by atoms with Crippen molar-refractivity contribution in [2.45, 2.75) is 24.5 Å². The summed E-state index contributed by atoms with van der Waals surface area (Å²) in [6.45, 7) is -0.160. The number of amides is 1. The Labute approximate surface area is 80.2 Å². The fourth-order valence-corrected chi connectivity index (χ4v) is 1.11. The number of aliphatic hydroxyl groups excluding tert-OH is 3. The van der Waals surface area contributed by atoms with Crippen LogP contribution in [-0.2, 0) is 9.47 Å². The summed E-state index contributed by atoms with van der Waals surface area (Å²) >= 11 is 0. The largest absolute Gasteiger partial charge is 0.453 e. The van der Waals surface area contributed by atoms with Crippen molar-refractivity contribution in [3.63, 3.8) is 0 Å². The zero-order valence-electron chi connectivity index (χ0n) is 7.58. The molecule has 14 heavy (non-hydrogen) atoms. The van der Waals surface area contributed by atoms with Gasteiger partial charge in [0.05, 0.1) is 13.7 Å². The molecule has 82 valence electrons. The van der Waals surface area contributed by atoms with Gasteiger partial charge in [0.1, 0.15) is 18.3 Å². The van der Waals surface area contributed by atoms with E-state index in [1.165, 1.54) is 0 Å². The quantitative estimate of drug-likeness (QED) is 0.388. The van der Waals surface area contributed by atoms with Crippen LogP contribution in [0.1, 0.15) is 0 Å². The van der Waals surface area contributed by atoms with E-state index >= 15 is 0 Å². The molecule has 0 spiro atoms. The minimum atomic E-state index is -1.38. The van der Waals surface area contributed by atoms with Gasteiger partial charge in [0, 0.05) is 0 Å². The van der Waals surface area contributed by atoms with Crippen LogP contribution < -0.4 is 5.32 Å². The summed E-state index contributed by atoms with van der Waals surface area (Å²) in [6, 6.07) is 0. The molecule has 7 heteroatoms. The van der Waals surface area contributed by atoms with E-state index in [9.17, 15) is 15.0 Å². The molecule has 1 fully saturated rings. The van der Waals surface area contributed by atoms with Crippen molar-refractivity contribution < 1.29 is 29.6 Å². The molecular formula is C7H13NO6. The van der Waals surface area contributed by atoms with Gasteiger partial charge in [0.2, 0.25) is 0 Å². The molecule has 1 aliphatic rings. The minimum Gasteiger partial charge on any atom is -0.453 e. The van der Waals surface area contributed by atoms with Gasteiger partial charge in [-0.2, -0.15) is 0 Å². The molecule has 0 aromatic carbocycles. The van der Waals surface area contributed by atoms with E-state index in [2.05, 4.69) is 10.1 Å². The molecule has 1 rings (SSSR count). The second kappa shape index (κ2) is 4.56. The molecule has 4 atom stereocenters. The predicted molar refractivity (Wildman–Crippen MR) is 43.3 cm³/mol. The van der Waals surface area contributed by atoms with Gasteiger partial charge in [-0.1, -0.05) is 0 Å². The van der Waals surface area contributed by atoms with Crippen LogP contribution in [0.4, 0.5) is 4.79 Å². The van der Waals surface area contributed by atoms with Crippen molar-refractivity contribution in [2.75, 3.05) is 13.7 Å². The first-order valence-corrected chi connectivity index (χ1v) is 4.06. The molecule has 0 unspecified atom stereocenters. The number of rotatable bonds is 1. The Morgan fingerprint density at radius 2 is 2.07 bits per heavy atom. The molecular weight excluding hydrogens is 194 g/mol. The molecule has 1 heterocycles. The van der Waals surface area contributed by atoms with Crippen molar-refractivity contribution >= 4 is 6.09 Å². The lowest BCUT2D eigenvalue weighted by Crippen LogP contribution is -2.58. The van der Waals surface area contributed by atoms with E-state index < -0.39 is 30.6 Å². The van der Waals surface area contributed by atoms with Gasteiger partial charge in [-0.3, -0.25) is 5.32 Å². The van der Waals surface area contributed by atoms with E-state index in [1.54, 1.807) is 0 Å². The summed E-state index contributed by atoms with van der Waals surface area (Å²) in [6.07, 6.45) is -5.72. The Hall–Kier alpha value is -0.890. The zero-order chi connectivity index (χ0) is 10.7. The maximum absolute atomic E-state index is 10.7. The maximum Gasteiger partial charge on any atom is 0.408 e. The number of hydrogen-bond donors (Lipinski definition) is 4. The Bertz CT molecular complexity index is 210. The Kier molecular flexibility index (Phi) is 3.64. The topological polar surface area (TPSA) is 108 Å². The van der Waals surface area contributed by atoms with Gasteiger partial charge in [0.15, 0.2) is 6.23 Å². The number of nitrogens with one attached hydrogen (secondary N) is 1. The second-order valence-corrected chi connectivity index (χ2v) is 2.94. The predicted octanol–water partition coefficient (Wildman–Crippen LogP) is -2.22. The van der Waals surface area contributed by atoms with Crippen molar-refractivity contribution in [3.8, 4) is 0 Å². The Balaban J connectivity index is 2.50. The highest BCUT2D eigenvalue weighted by atomic mass is 16.6. The van der Waals surface area contributed by atoms with Crippen molar-refractivity contribution in [3.05, 3.63) is 0 Å². The van der Waals surface area contributed by atoms with E-state index in [4.69, 9.17) is 9.84 Å². The SMILES string of the molecule is COC(=O)N[C@H]1OC[C@@H](O)[C@@H](O)[C@H]1O. The number of carbonyl (C=O) groups excluding carboxylic acids is 1.